The van der Waals surface area contributed by atoms with Crippen molar-refractivity contribution in [1.82, 2.24) is 0 Å². The van der Waals surface area contributed by atoms with Gasteiger partial charge in [0.2, 0.25) is 0 Å². The van der Waals surface area contributed by atoms with Crippen LogP contribution in [0.2, 0.25) is 0 Å². The van der Waals surface area contributed by atoms with Gasteiger partial charge in [0.05, 0.1) is 6.61 Å². The van der Waals surface area contributed by atoms with Crippen molar-refractivity contribution in [3.8, 4) is 0 Å². The normalized spacial score (nSPS) is 12.7. The van der Waals surface area contributed by atoms with E-state index in [2.05, 4.69) is 81.5 Å². The molecule has 1 atom stereocenters. The van der Waals surface area contributed by atoms with Gasteiger partial charge in [0.1, 0.15) is 6.61 Å². The third-order valence-electron chi connectivity index (χ3n) is 10.5. The molecule has 1 unspecified atom stereocenters. The number of ether oxygens (including phenoxy) is 3. The first-order valence-electron chi connectivity index (χ1n) is 24.8. The molecule has 0 radical (unpaired) electrons. The lowest BCUT2D eigenvalue weighted by atomic mass is 10.1. The molecule has 0 aliphatic carbocycles. The lowest BCUT2D eigenvalue weighted by molar-refractivity contribution is -0.163. The summed E-state index contributed by atoms with van der Waals surface area (Å²) in [5.41, 5.74) is 0. The standard InChI is InChI=1S/C53H94O5/c1-4-7-10-13-16-19-22-24-26-27-29-30-32-34-37-40-43-46-52(54)57-50-51(49-56-48-45-42-39-36-21-18-15-12-9-6-3)58-53(55)47-44-41-38-35-33-31-28-25-23-20-17-14-11-8-5-2/h7,10,16-17,19-20,24-26,28,51H,4-6,8-9,11-15,18,21-23,27,29-50H2,1-3H3/b10-7-,19-16-,20-17-,26-24-,28-25-. The Bertz CT molecular complexity index is 1010. The minimum Gasteiger partial charge on any atom is -0.462 e. The molecule has 0 amide bonds. The van der Waals surface area contributed by atoms with E-state index < -0.39 is 6.10 Å². The molecule has 0 N–H and O–H groups in total. The van der Waals surface area contributed by atoms with E-state index in [9.17, 15) is 9.59 Å². The predicted octanol–water partition coefficient (Wildman–Crippen LogP) is 16.6. The number of carbonyl (C=O) groups is 2. The molecule has 5 nitrogen and oxygen atoms in total. The lowest BCUT2D eigenvalue weighted by Gasteiger charge is -2.18. The van der Waals surface area contributed by atoms with E-state index in [0.717, 1.165) is 89.9 Å². The van der Waals surface area contributed by atoms with Crippen LogP contribution in [0.5, 0.6) is 0 Å². The van der Waals surface area contributed by atoms with Gasteiger partial charge in [-0.3, -0.25) is 9.59 Å². The van der Waals surface area contributed by atoms with E-state index >= 15 is 0 Å². The van der Waals surface area contributed by atoms with Crippen LogP contribution in [0.25, 0.3) is 0 Å². The number of esters is 2. The lowest BCUT2D eigenvalue weighted by Crippen LogP contribution is -2.30. The monoisotopic (exact) mass is 811 g/mol. The van der Waals surface area contributed by atoms with Crippen LogP contribution in [0.3, 0.4) is 0 Å². The number of rotatable bonds is 45. The smallest absolute Gasteiger partial charge is 0.306 e. The van der Waals surface area contributed by atoms with Crippen molar-refractivity contribution in [3.63, 3.8) is 0 Å². The number of hydrogen-bond acceptors (Lipinski definition) is 5. The number of carbonyl (C=O) groups excluding carboxylic acids is 2. The SMILES string of the molecule is CC/C=C\C/C=C\C/C=C\CCCCCCCCCC(=O)OCC(COCCCCCCCCCCCC)OC(=O)CCCCCCC/C=C\C/C=C\CCCCC. The Balaban J connectivity index is 4.25. The molecule has 0 saturated heterocycles. The second kappa shape index (κ2) is 49.0. The van der Waals surface area contributed by atoms with Crippen LogP contribution in [0, 0.1) is 0 Å². The van der Waals surface area contributed by atoms with Gasteiger partial charge in [-0.15, -0.1) is 0 Å². The van der Waals surface area contributed by atoms with Crippen LogP contribution in [0.4, 0.5) is 0 Å². The maximum absolute atomic E-state index is 12.8. The summed E-state index contributed by atoms with van der Waals surface area (Å²) in [7, 11) is 0. The second-order valence-electron chi connectivity index (χ2n) is 16.3. The Morgan fingerprint density at radius 1 is 0.397 bits per heavy atom. The predicted molar refractivity (Wildman–Crippen MR) is 251 cm³/mol. The fraction of sp³-hybridized carbons (Fsp3) is 0.774. The third-order valence-corrected chi connectivity index (χ3v) is 10.5. The quantitative estimate of drug-likeness (QED) is 0.0348. The van der Waals surface area contributed by atoms with Gasteiger partial charge in [-0.05, 0) is 83.5 Å². The van der Waals surface area contributed by atoms with Crippen LogP contribution in [-0.4, -0.2) is 37.9 Å². The van der Waals surface area contributed by atoms with Gasteiger partial charge >= 0.3 is 11.9 Å². The fourth-order valence-corrected chi connectivity index (χ4v) is 6.85. The van der Waals surface area contributed by atoms with Crippen LogP contribution in [0.1, 0.15) is 239 Å². The molecule has 336 valence electrons. The Hall–Kier alpha value is -2.40. The maximum atomic E-state index is 12.8. The molecule has 5 heteroatoms. The van der Waals surface area contributed by atoms with E-state index in [1.807, 2.05) is 0 Å². The molecule has 0 rings (SSSR count). The summed E-state index contributed by atoms with van der Waals surface area (Å²) in [6.07, 6.45) is 60.7. The molecule has 0 fully saturated rings. The molecule has 0 aromatic rings. The van der Waals surface area contributed by atoms with Crippen LogP contribution < -0.4 is 0 Å². The highest BCUT2D eigenvalue weighted by Crippen LogP contribution is 2.14. The zero-order valence-electron chi connectivity index (χ0n) is 38.6. The number of hydrogen-bond donors (Lipinski definition) is 0. The molecule has 0 aliphatic heterocycles. The Morgan fingerprint density at radius 3 is 1.28 bits per heavy atom. The van der Waals surface area contributed by atoms with Crippen molar-refractivity contribution in [2.24, 2.45) is 0 Å². The zero-order chi connectivity index (χ0) is 42.1. The van der Waals surface area contributed by atoms with Gasteiger partial charge in [0.15, 0.2) is 6.10 Å². The summed E-state index contributed by atoms with van der Waals surface area (Å²) in [4.78, 5) is 25.3. The topological polar surface area (TPSA) is 61.8 Å². The highest BCUT2D eigenvalue weighted by molar-refractivity contribution is 5.70. The van der Waals surface area contributed by atoms with Gasteiger partial charge < -0.3 is 14.2 Å². The van der Waals surface area contributed by atoms with Crippen molar-refractivity contribution in [2.75, 3.05) is 19.8 Å². The summed E-state index contributed by atoms with van der Waals surface area (Å²) in [5.74, 6) is -0.419. The first kappa shape index (κ1) is 55.6. The summed E-state index contributed by atoms with van der Waals surface area (Å²) < 4.78 is 17.3. The number of allylic oxidation sites excluding steroid dienone is 10. The van der Waals surface area contributed by atoms with Crippen LogP contribution in [0.15, 0.2) is 60.8 Å². The molecule has 0 bridgehead atoms. The van der Waals surface area contributed by atoms with E-state index in [1.54, 1.807) is 0 Å². The van der Waals surface area contributed by atoms with Gasteiger partial charge in [-0.2, -0.15) is 0 Å². The zero-order valence-corrected chi connectivity index (χ0v) is 38.6. The van der Waals surface area contributed by atoms with Crippen LogP contribution in [-0.2, 0) is 23.8 Å². The molecule has 58 heavy (non-hydrogen) atoms. The van der Waals surface area contributed by atoms with E-state index in [1.165, 1.54) is 116 Å². The average molecular weight is 811 g/mol. The summed E-state index contributed by atoms with van der Waals surface area (Å²) in [5, 5.41) is 0. The first-order chi connectivity index (χ1) is 28.6. The molecule has 0 spiro atoms. The van der Waals surface area contributed by atoms with Crippen molar-refractivity contribution in [2.45, 2.75) is 245 Å². The highest BCUT2D eigenvalue weighted by atomic mass is 16.6. The highest BCUT2D eigenvalue weighted by Gasteiger charge is 2.17. The van der Waals surface area contributed by atoms with Crippen LogP contribution >= 0.6 is 0 Å². The van der Waals surface area contributed by atoms with Crippen molar-refractivity contribution < 1.29 is 23.8 Å². The minimum absolute atomic E-state index is 0.0752. The fourth-order valence-electron chi connectivity index (χ4n) is 6.85. The molecule has 0 saturated carbocycles. The largest absolute Gasteiger partial charge is 0.462 e. The Labute approximate surface area is 360 Å². The van der Waals surface area contributed by atoms with Crippen molar-refractivity contribution in [3.05, 3.63) is 60.8 Å². The number of unbranched alkanes of at least 4 members (excludes halogenated alkanes) is 24. The third kappa shape index (κ3) is 46.3. The molecule has 0 aromatic carbocycles. The maximum Gasteiger partial charge on any atom is 0.306 e. The summed E-state index contributed by atoms with van der Waals surface area (Å²) in [6.45, 7) is 7.68. The van der Waals surface area contributed by atoms with E-state index in [0.29, 0.717) is 19.4 Å². The van der Waals surface area contributed by atoms with Crippen molar-refractivity contribution >= 4 is 11.9 Å². The van der Waals surface area contributed by atoms with Crippen molar-refractivity contribution in [1.29, 1.82) is 0 Å². The molecule has 0 aliphatic rings. The van der Waals surface area contributed by atoms with E-state index in [4.69, 9.17) is 14.2 Å². The van der Waals surface area contributed by atoms with Gasteiger partial charge in [-0.1, -0.05) is 204 Å². The summed E-state index contributed by atoms with van der Waals surface area (Å²) in [6, 6.07) is 0. The molecule has 0 heterocycles. The summed E-state index contributed by atoms with van der Waals surface area (Å²) >= 11 is 0. The van der Waals surface area contributed by atoms with Gasteiger partial charge in [0, 0.05) is 19.4 Å². The van der Waals surface area contributed by atoms with Gasteiger partial charge in [0.25, 0.3) is 0 Å². The average Bonchev–Trinajstić information content (AvgIpc) is 3.22. The van der Waals surface area contributed by atoms with Gasteiger partial charge in [-0.25, -0.2) is 0 Å². The molecular weight excluding hydrogens is 717 g/mol. The molecule has 0 aromatic heterocycles. The van der Waals surface area contributed by atoms with E-state index in [-0.39, 0.29) is 25.2 Å². The molecular formula is C53H94O5. The Kier molecular flexibility index (Phi) is 46.9. The second-order valence-corrected chi connectivity index (χ2v) is 16.3. The minimum atomic E-state index is -0.545. The Morgan fingerprint density at radius 2 is 0.776 bits per heavy atom. The first-order valence-corrected chi connectivity index (χ1v) is 24.8.